The zero-order valence-electron chi connectivity index (χ0n) is 16.3. The molecule has 0 aromatic heterocycles. The van der Waals surface area contributed by atoms with Crippen molar-refractivity contribution >= 4 is 27.0 Å². The van der Waals surface area contributed by atoms with E-state index < -0.39 is 29.7 Å². The summed E-state index contributed by atoms with van der Waals surface area (Å²) in [6.45, 7) is 3.38. The van der Waals surface area contributed by atoms with E-state index in [2.05, 4.69) is 13.8 Å². The van der Waals surface area contributed by atoms with Crippen LogP contribution in [0.15, 0.2) is 0 Å². The minimum Gasteiger partial charge on any atom is -0.479 e. The summed E-state index contributed by atoms with van der Waals surface area (Å²) in [5.41, 5.74) is 0. The highest BCUT2D eigenvalue weighted by molar-refractivity contribution is 7.21. The molecule has 2 amide bonds. The van der Waals surface area contributed by atoms with Crippen LogP contribution < -0.4 is 0 Å². The Morgan fingerprint density at radius 2 is 1.19 bits per heavy atom. The van der Waals surface area contributed by atoms with Gasteiger partial charge in [0.05, 0.1) is 6.61 Å². The Kier molecular flexibility index (Phi) is 13.6. The van der Waals surface area contributed by atoms with E-state index in [1.807, 2.05) is 9.24 Å². The number of carbonyl (C=O) groups is 3. The van der Waals surface area contributed by atoms with Gasteiger partial charge in [0.2, 0.25) is 11.8 Å². The maximum absolute atomic E-state index is 12.6. The zero-order valence-corrected chi connectivity index (χ0v) is 17.5. The molecule has 0 heterocycles. The molecular weight excluding hydrogens is 353 g/mol. The minimum atomic E-state index is -1.99. The molecular formula is C19H36NO5P. The standard InChI is InChI=1S/C19H36NO5P/c1-3-5-7-9-11-13-16(22)20(19(26,15-21)18(24)25)17(23)14-12-10-8-6-4-2/h21H,3-15,26H2,1-2H3,(H,24,25). The molecule has 0 spiro atoms. The molecule has 152 valence electrons. The molecule has 26 heavy (non-hydrogen) atoms. The Bertz CT molecular complexity index is 418. The lowest BCUT2D eigenvalue weighted by Gasteiger charge is -2.35. The molecule has 2 atom stereocenters. The summed E-state index contributed by atoms with van der Waals surface area (Å²) in [5, 5.41) is 17.0. The van der Waals surface area contributed by atoms with Crippen LogP contribution in [-0.2, 0) is 14.4 Å². The number of unbranched alkanes of at least 4 members (excludes halogenated alkanes) is 8. The average molecular weight is 389 g/mol. The Morgan fingerprint density at radius 1 is 0.808 bits per heavy atom. The third-order valence-electron chi connectivity index (χ3n) is 4.50. The molecule has 0 aliphatic rings. The summed E-state index contributed by atoms with van der Waals surface area (Å²) in [6.07, 6.45) is 9.61. The van der Waals surface area contributed by atoms with Crippen molar-refractivity contribution in [1.82, 2.24) is 4.90 Å². The predicted molar refractivity (Wildman–Crippen MR) is 106 cm³/mol. The van der Waals surface area contributed by atoms with Crippen molar-refractivity contribution in [2.75, 3.05) is 6.61 Å². The second kappa shape index (κ2) is 14.1. The van der Waals surface area contributed by atoms with Crippen molar-refractivity contribution in [3.05, 3.63) is 0 Å². The number of rotatable bonds is 15. The van der Waals surface area contributed by atoms with Crippen molar-refractivity contribution in [2.45, 2.75) is 96.2 Å². The number of carboxylic acid groups (broad SMARTS) is 1. The SMILES string of the molecule is CCCCCCCC(=O)N(C(=O)CCCCCCC)C(P)(CO)C(=O)O. The molecule has 0 rings (SSSR count). The molecule has 0 aliphatic heterocycles. The number of aliphatic hydroxyl groups is 1. The Hall–Kier alpha value is -1.00. The van der Waals surface area contributed by atoms with Crippen LogP contribution in [0.2, 0.25) is 0 Å². The number of nitrogens with zero attached hydrogens (tertiary/aromatic N) is 1. The second-order valence-electron chi connectivity index (χ2n) is 6.84. The van der Waals surface area contributed by atoms with Gasteiger partial charge in [-0.25, -0.2) is 4.79 Å². The van der Waals surface area contributed by atoms with Gasteiger partial charge in [-0.2, -0.15) is 0 Å². The van der Waals surface area contributed by atoms with Gasteiger partial charge in [0, 0.05) is 12.8 Å². The smallest absolute Gasteiger partial charge is 0.336 e. The van der Waals surface area contributed by atoms with Crippen molar-refractivity contribution < 1.29 is 24.6 Å². The summed E-state index contributed by atoms with van der Waals surface area (Å²) in [6, 6.07) is 0. The van der Waals surface area contributed by atoms with Gasteiger partial charge in [0.15, 0.2) is 5.28 Å². The highest BCUT2D eigenvalue weighted by atomic mass is 31.0. The second-order valence-corrected chi connectivity index (χ2v) is 7.79. The zero-order chi connectivity index (χ0) is 20.0. The fourth-order valence-electron chi connectivity index (χ4n) is 2.80. The molecule has 6 nitrogen and oxygen atoms in total. The van der Waals surface area contributed by atoms with Gasteiger partial charge in [-0.1, -0.05) is 74.5 Å². The highest BCUT2D eigenvalue weighted by Crippen LogP contribution is 2.27. The van der Waals surface area contributed by atoms with Crippen LogP contribution >= 0.6 is 9.24 Å². The van der Waals surface area contributed by atoms with Gasteiger partial charge in [0.1, 0.15) is 0 Å². The van der Waals surface area contributed by atoms with Crippen LogP contribution in [0.3, 0.4) is 0 Å². The Labute approximate surface area is 159 Å². The van der Waals surface area contributed by atoms with E-state index in [9.17, 15) is 24.6 Å². The first kappa shape index (κ1) is 25.0. The van der Waals surface area contributed by atoms with Crippen LogP contribution in [0.5, 0.6) is 0 Å². The Balaban J connectivity index is 4.91. The monoisotopic (exact) mass is 389 g/mol. The maximum atomic E-state index is 12.6. The molecule has 0 aromatic carbocycles. The number of carboxylic acids is 1. The lowest BCUT2D eigenvalue weighted by atomic mass is 10.1. The number of amides is 2. The van der Waals surface area contributed by atoms with Crippen LogP contribution in [0.1, 0.15) is 90.9 Å². The van der Waals surface area contributed by atoms with Crippen LogP contribution in [-0.4, -0.2) is 44.8 Å². The van der Waals surface area contributed by atoms with Crippen molar-refractivity contribution in [3.8, 4) is 0 Å². The lowest BCUT2D eigenvalue weighted by Crippen LogP contribution is -2.57. The molecule has 0 fully saturated rings. The normalized spacial score (nSPS) is 13.2. The number of hydrogen-bond acceptors (Lipinski definition) is 4. The van der Waals surface area contributed by atoms with Crippen molar-refractivity contribution in [3.63, 3.8) is 0 Å². The summed E-state index contributed by atoms with van der Waals surface area (Å²) in [5.74, 6) is -2.44. The van der Waals surface area contributed by atoms with Gasteiger partial charge >= 0.3 is 5.97 Å². The Morgan fingerprint density at radius 3 is 1.50 bits per heavy atom. The average Bonchev–Trinajstić information content (AvgIpc) is 2.61. The molecule has 0 bridgehead atoms. The van der Waals surface area contributed by atoms with E-state index in [0.29, 0.717) is 12.8 Å². The van der Waals surface area contributed by atoms with E-state index in [4.69, 9.17) is 0 Å². The fourth-order valence-corrected chi connectivity index (χ4v) is 3.09. The van der Waals surface area contributed by atoms with E-state index in [0.717, 1.165) is 56.3 Å². The summed E-state index contributed by atoms with van der Waals surface area (Å²) >= 11 is 0. The number of aliphatic carboxylic acids is 1. The largest absolute Gasteiger partial charge is 0.479 e. The first-order valence-electron chi connectivity index (χ1n) is 9.84. The number of imide groups is 1. The van der Waals surface area contributed by atoms with Crippen LogP contribution in [0.4, 0.5) is 0 Å². The van der Waals surface area contributed by atoms with Crippen LogP contribution in [0.25, 0.3) is 0 Å². The summed E-state index contributed by atoms with van der Waals surface area (Å²) in [7, 11) is 1.98. The molecule has 0 aliphatic carbocycles. The van der Waals surface area contributed by atoms with Gasteiger partial charge in [-0.15, -0.1) is 0 Å². The quantitative estimate of drug-likeness (QED) is 0.329. The first-order chi connectivity index (χ1) is 12.3. The predicted octanol–water partition coefficient (Wildman–Crippen LogP) is 3.71. The first-order valence-corrected chi connectivity index (χ1v) is 10.4. The van der Waals surface area contributed by atoms with Crippen LogP contribution in [0, 0.1) is 0 Å². The number of hydrogen-bond donors (Lipinski definition) is 2. The van der Waals surface area contributed by atoms with E-state index in [-0.39, 0.29) is 12.8 Å². The van der Waals surface area contributed by atoms with Gasteiger partial charge in [0.25, 0.3) is 0 Å². The van der Waals surface area contributed by atoms with Gasteiger partial charge in [-0.05, 0) is 12.8 Å². The molecule has 2 N–H and O–H groups in total. The molecule has 2 unspecified atom stereocenters. The van der Waals surface area contributed by atoms with E-state index >= 15 is 0 Å². The fraction of sp³-hybridized carbons (Fsp3) is 0.842. The van der Waals surface area contributed by atoms with E-state index in [1.165, 1.54) is 0 Å². The van der Waals surface area contributed by atoms with E-state index in [1.54, 1.807) is 0 Å². The topological polar surface area (TPSA) is 94.9 Å². The molecule has 0 saturated heterocycles. The summed E-state index contributed by atoms with van der Waals surface area (Å²) < 4.78 is 0. The molecule has 0 radical (unpaired) electrons. The minimum absolute atomic E-state index is 0.120. The third-order valence-corrected chi connectivity index (χ3v) is 5.19. The van der Waals surface area contributed by atoms with Crippen molar-refractivity contribution in [1.29, 1.82) is 0 Å². The van der Waals surface area contributed by atoms with Gasteiger partial charge < -0.3 is 10.2 Å². The third kappa shape index (κ3) is 8.59. The summed E-state index contributed by atoms with van der Waals surface area (Å²) in [4.78, 5) is 37.5. The molecule has 7 heteroatoms. The molecule has 0 aromatic rings. The number of carbonyl (C=O) groups excluding carboxylic acids is 2. The lowest BCUT2D eigenvalue weighted by molar-refractivity contribution is -0.162. The van der Waals surface area contributed by atoms with Crippen molar-refractivity contribution in [2.24, 2.45) is 0 Å². The highest BCUT2D eigenvalue weighted by Gasteiger charge is 2.45. The number of aliphatic hydroxyl groups excluding tert-OH is 1. The maximum Gasteiger partial charge on any atom is 0.336 e. The van der Waals surface area contributed by atoms with Gasteiger partial charge in [-0.3, -0.25) is 14.5 Å². The molecule has 0 saturated carbocycles.